The molecule has 25 heavy (non-hydrogen) atoms. The molecule has 4 heteroatoms. The summed E-state index contributed by atoms with van der Waals surface area (Å²) in [5.74, 6) is 0.818. The van der Waals surface area contributed by atoms with Gasteiger partial charge in [0.05, 0.1) is 11.4 Å². The van der Waals surface area contributed by atoms with Crippen molar-refractivity contribution in [2.45, 2.75) is 6.92 Å². The number of aromatic nitrogens is 2. The molecule has 1 fully saturated rings. The zero-order valence-electron chi connectivity index (χ0n) is 14.4. The van der Waals surface area contributed by atoms with Crippen molar-refractivity contribution in [3.8, 4) is 22.5 Å². The van der Waals surface area contributed by atoms with Crippen LogP contribution in [0.4, 0.5) is 5.95 Å². The van der Waals surface area contributed by atoms with E-state index >= 15 is 0 Å². The first-order valence-corrected chi connectivity index (χ1v) is 8.77. The minimum absolute atomic E-state index is 0.818. The molecule has 4 nitrogen and oxygen atoms in total. The Morgan fingerprint density at radius 1 is 0.800 bits per heavy atom. The van der Waals surface area contributed by atoms with E-state index in [-0.39, 0.29) is 0 Å². The fourth-order valence-electron chi connectivity index (χ4n) is 3.07. The molecule has 126 valence electrons. The van der Waals surface area contributed by atoms with Crippen molar-refractivity contribution in [3.05, 3.63) is 66.2 Å². The van der Waals surface area contributed by atoms with Crippen LogP contribution in [0.1, 0.15) is 5.56 Å². The predicted molar refractivity (Wildman–Crippen MR) is 103 cm³/mol. The fourth-order valence-corrected chi connectivity index (χ4v) is 3.07. The van der Waals surface area contributed by atoms with Crippen molar-refractivity contribution >= 4 is 5.95 Å². The Labute approximate surface area is 148 Å². The molecule has 0 bridgehead atoms. The average Bonchev–Trinajstić information content (AvgIpc) is 2.69. The molecule has 1 saturated heterocycles. The summed E-state index contributed by atoms with van der Waals surface area (Å²) in [6.07, 6.45) is 0. The maximum Gasteiger partial charge on any atom is 0.226 e. The molecular weight excluding hydrogens is 308 g/mol. The molecule has 2 aromatic carbocycles. The lowest BCUT2D eigenvalue weighted by Crippen LogP contribution is -2.44. The third kappa shape index (κ3) is 3.54. The normalized spacial score (nSPS) is 14.5. The van der Waals surface area contributed by atoms with Gasteiger partial charge in [0.15, 0.2) is 0 Å². The molecule has 0 atom stereocenters. The van der Waals surface area contributed by atoms with Gasteiger partial charge in [0.2, 0.25) is 5.95 Å². The van der Waals surface area contributed by atoms with E-state index in [1.165, 1.54) is 5.56 Å². The van der Waals surface area contributed by atoms with Gasteiger partial charge in [-0.15, -0.1) is 0 Å². The summed E-state index contributed by atoms with van der Waals surface area (Å²) in [6, 6.07) is 20.9. The second-order valence-electron chi connectivity index (χ2n) is 6.41. The maximum absolute atomic E-state index is 4.87. The van der Waals surface area contributed by atoms with Crippen LogP contribution in [0.5, 0.6) is 0 Å². The zero-order valence-corrected chi connectivity index (χ0v) is 14.4. The number of nitrogens with zero attached hydrogens (tertiary/aromatic N) is 3. The Morgan fingerprint density at radius 3 is 2.04 bits per heavy atom. The van der Waals surface area contributed by atoms with Crippen LogP contribution < -0.4 is 10.2 Å². The second kappa shape index (κ2) is 7.03. The van der Waals surface area contributed by atoms with Gasteiger partial charge in [-0.05, 0) is 13.0 Å². The molecule has 1 aliphatic heterocycles. The minimum atomic E-state index is 0.818. The molecule has 4 rings (SSSR count). The number of benzene rings is 2. The summed E-state index contributed by atoms with van der Waals surface area (Å²) in [6.45, 7) is 5.92. The summed E-state index contributed by atoms with van der Waals surface area (Å²) < 4.78 is 0. The van der Waals surface area contributed by atoms with Crippen molar-refractivity contribution in [2.24, 2.45) is 0 Å². The van der Waals surface area contributed by atoms with Crippen molar-refractivity contribution in [1.29, 1.82) is 0 Å². The van der Waals surface area contributed by atoms with Gasteiger partial charge in [0, 0.05) is 37.3 Å². The third-order valence-corrected chi connectivity index (χ3v) is 4.53. The summed E-state index contributed by atoms with van der Waals surface area (Å²) in [5.41, 5.74) is 5.45. The van der Waals surface area contributed by atoms with E-state index in [0.717, 1.165) is 54.6 Å². The molecule has 3 aromatic rings. The summed E-state index contributed by atoms with van der Waals surface area (Å²) in [4.78, 5) is 12.0. The summed E-state index contributed by atoms with van der Waals surface area (Å²) in [5, 5.41) is 3.39. The van der Waals surface area contributed by atoms with Gasteiger partial charge in [0.1, 0.15) is 0 Å². The van der Waals surface area contributed by atoms with E-state index in [0.29, 0.717) is 0 Å². The molecule has 0 amide bonds. The van der Waals surface area contributed by atoms with Crippen LogP contribution in [-0.2, 0) is 0 Å². The van der Waals surface area contributed by atoms with Gasteiger partial charge >= 0.3 is 0 Å². The Bertz CT molecular complexity index is 838. The molecule has 1 N–H and O–H groups in total. The molecule has 0 saturated carbocycles. The smallest absolute Gasteiger partial charge is 0.226 e. The average molecular weight is 330 g/mol. The van der Waals surface area contributed by atoms with E-state index in [9.17, 15) is 0 Å². The highest BCUT2D eigenvalue weighted by Crippen LogP contribution is 2.26. The molecule has 0 radical (unpaired) electrons. The van der Waals surface area contributed by atoms with E-state index in [4.69, 9.17) is 9.97 Å². The number of hydrogen-bond acceptors (Lipinski definition) is 4. The predicted octanol–water partition coefficient (Wildman–Crippen LogP) is 3.53. The number of anilines is 1. The van der Waals surface area contributed by atoms with Crippen molar-refractivity contribution in [3.63, 3.8) is 0 Å². The van der Waals surface area contributed by atoms with Gasteiger partial charge in [-0.25, -0.2) is 9.97 Å². The van der Waals surface area contributed by atoms with Gasteiger partial charge in [-0.1, -0.05) is 60.2 Å². The van der Waals surface area contributed by atoms with Crippen LogP contribution >= 0.6 is 0 Å². The van der Waals surface area contributed by atoms with E-state index in [1.807, 2.05) is 18.2 Å². The Hall–Kier alpha value is -2.72. The molecule has 1 aliphatic rings. The quantitative estimate of drug-likeness (QED) is 0.798. The highest BCUT2D eigenvalue weighted by molar-refractivity contribution is 5.69. The van der Waals surface area contributed by atoms with Crippen molar-refractivity contribution < 1.29 is 0 Å². The fraction of sp³-hybridized carbons (Fsp3) is 0.238. The van der Waals surface area contributed by atoms with E-state index in [2.05, 4.69) is 59.6 Å². The van der Waals surface area contributed by atoms with E-state index < -0.39 is 0 Å². The molecule has 0 spiro atoms. The third-order valence-electron chi connectivity index (χ3n) is 4.53. The van der Waals surface area contributed by atoms with Gasteiger partial charge < -0.3 is 10.2 Å². The number of rotatable bonds is 3. The van der Waals surface area contributed by atoms with Gasteiger partial charge in [-0.2, -0.15) is 0 Å². The number of hydrogen-bond donors (Lipinski definition) is 1. The first kappa shape index (κ1) is 15.8. The van der Waals surface area contributed by atoms with Gasteiger partial charge in [0.25, 0.3) is 0 Å². The van der Waals surface area contributed by atoms with Crippen molar-refractivity contribution in [1.82, 2.24) is 15.3 Å². The molecular formula is C21H22N4. The monoisotopic (exact) mass is 330 g/mol. The molecule has 0 aliphatic carbocycles. The SMILES string of the molecule is Cc1ccc(-c2cc(-c3ccccc3)nc(N3CCNCC3)n2)cc1. The first-order valence-electron chi connectivity index (χ1n) is 8.77. The lowest BCUT2D eigenvalue weighted by atomic mass is 10.1. The van der Waals surface area contributed by atoms with Gasteiger partial charge in [-0.3, -0.25) is 0 Å². The number of aryl methyl sites for hydroxylation is 1. The highest BCUT2D eigenvalue weighted by Gasteiger charge is 2.16. The Kier molecular flexibility index (Phi) is 4.44. The lowest BCUT2D eigenvalue weighted by molar-refractivity contribution is 0.580. The van der Waals surface area contributed by atoms with Crippen LogP contribution in [0.2, 0.25) is 0 Å². The summed E-state index contributed by atoms with van der Waals surface area (Å²) in [7, 11) is 0. The lowest BCUT2D eigenvalue weighted by Gasteiger charge is -2.28. The maximum atomic E-state index is 4.87. The van der Waals surface area contributed by atoms with Crippen LogP contribution in [0, 0.1) is 6.92 Å². The standard InChI is InChI=1S/C21H22N4/c1-16-7-9-18(10-8-16)20-15-19(17-5-3-2-4-6-17)23-21(24-20)25-13-11-22-12-14-25/h2-10,15,22H,11-14H2,1H3. The Balaban J connectivity index is 1.81. The molecule has 2 heterocycles. The topological polar surface area (TPSA) is 41.1 Å². The first-order chi connectivity index (χ1) is 12.3. The van der Waals surface area contributed by atoms with Crippen LogP contribution in [0.3, 0.4) is 0 Å². The van der Waals surface area contributed by atoms with Crippen LogP contribution in [0.25, 0.3) is 22.5 Å². The van der Waals surface area contributed by atoms with E-state index in [1.54, 1.807) is 0 Å². The second-order valence-corrected chi connectivity index (χ2v) is 6.41. The highest BCUT2D eigenvalue weighted by atomic mass is 15.3. The number of nitrogens with one attached hydrogen (secondary N) is 1. The zero-order chi connectivity index (χ0) is 17.1. The van der Waals surface area contributed by atoms with Crippen LogP contribution in [0.15, 0.2) is 60.7 Å². The Morgan fingerprint density at radius 2 is 1.40 bits per heavy atom. The largest absolute Gasteiger partial charge is 0.338 e. The molecule has 0 unspecified atom stereocenters. The number of piperazine rings is 1. The van der Waals surface area contributed by atoms with Crippen molar-refractivity contribution in [2.75, 3.05) is 31.1 Å². The van der Waals surface area contributed by atoms with Crippen LogP contribution in [-0.4, -0.2) is 36.1 Å². The molecule has 1 aromatic heterocycles. The summed E-state index contributed by atoms with van der Waals surface area (Å²) >= 11 is 0. The minimum Gasteiger partial charge on any atom is -0.338 e.